The van der Waals surface area contributed by atoms with Crippen molar-refractivity contribution in [1.29, 1.82) is 0 Å². The van der Waals surface area contributed by atoms with Gasteiger partial charge in [-0.3, -0.25) is 0 Å². The van der Waals surface area contributed by atoms with E-state index in [9.17, 15) is 4.39 Å². The van der Waals surface area contributed by atoms with E-state index < -0.39 is 5.82 Å². The lowest BCUT2D eigenvalue weighted by atomic mass is 10.2. The lowest BCUT2D eigenvalue weighted by Gasteiger charge is -2.14. The Labute approximate surface area is 126 Å². The quantitative estimate of drug-likeness (QED) is 0.523. The molecule has 2 rings (SSSR count). The summed E-state index contributed by atoms with van der Waals surface area (Å²) in [5.74, 6) is 5.67. The molecule has 0 saturated carbocycles. The highest BCUT2D eigenvalue weighted by molar-refractivity contribution is 6.31. The van der Waals surface area contributed by atoms with E-state index in [0.717, 1.165) is 0 Å². The minimum atomic E-state index is -0.425. The van der Waals surface area contributed by atoms with Crippen molar-refractivity contribution < 1.29 is 13.9 Å². The molecule has 2 aromatic carbocycles. The highest BCUT2D eigenvalue weighted by Gasteiger charge is 2.12. The van der Waals surface area contributed by atoms with Crippen molar-refractivity contribution in [2.45, 2.75) is 6.61 Å². The molecular weight excluding hydrogens is 295 g/mol. The molecule has 2 aromatic rings. The number of nitrogens with zero attached hydrogens (tertiary/aromatic N) is 1. The fourth-order valence-corrected chi connectivity index (χ4v) is 2.06. The number of ether oxygens (including phenoxy) is 2. The van der Waals surface area contributed by atoms with Gasteiger partial charge in [0.15, 0.2) is 11.5 Å². The van der Waals surface area contributed by atoms with Crippen LogP contribution in [0.15, 0.2) is 41.5 Å². The van der Waals surface area contributed by atoms with Gasteiger partial charge < -0.3 is 15.3 Å². The number of hydrogen-bond donors (Lipinski definition) is 1. The van der Waals surface area contributed by atoms with Crippen LogP contribution < -0.4 is 15.3 Å². The molecule has 0 amide bonds. The van der Waals surface area contributed by atoms with Gasteiger partial charge in [-0.2, -0.15) is 5.10 Å². The van der Waals surface area contributed by atoms with Crippen LogP contribution in [0.4, 0.5) is 4.39 Å². The number of benzene rings is 2. The fraction of sp³-hybridized carbons (Fsp3) is 0.133. The third kappa shape index (κ3) is 3.44. The summed E-state index contributed by atoms with van der Waals surface area (Å²) in [5, 5.41) is 3.78. The minimum Gasteiger partial charge on any atom is -0.493 e. The van der Waals surface area contributed by atoms with Gasteiger partial charge in [0, 0.05) is 11.1 Å². The Balaban J connectivity index is 2.31. The second-order valence-corrected chi connectivity index (χ2v) is 4.55. The Hall–Kier alpha value is -2.27. The van der Waals surface area contributed by atoms with Gasteiger partial charge in [0.25, 0.3) is 0 Å². The molecule has 0 aliphatic heterocycles. The molecule has 21 heavy (non-hydrogen) atoms. The van der Waals surface area contributed by atoms with Crippen LogP contribution in [0.25, 0.3) is 0 Å². The number of rotatable bonds is 5. The highest BCUT2D eigenvalue weighted by Crippen LogP contribution is 2.31. The third-order valence-electron chi connectivity index (χ3n) is 2.87. The first-order valence-corrected chi connectivity index (χ1v) is 6.51. The van der Waals surface area contributed by atoms with Gasteiger partial charge in [-0.15, -0.1) is 0 Å². The first-order chi connectivity index (χ1) is 10.2. The smallest absolute Gasteiger partial charge is 0.170 e. The standard InChI is InChI=1S/C15H14ClFN2O2/c1-20-14-7-2-4-10(8-19-18)15(14)21-9-11-12(16)5-3-6-13(11)17/h2-8H,9,18H2,1H3. The second-order valence-electron chi connectivity index (χ2n) is 4.15. The lowest BCUT2D eigenvalue weighted by molar-refractivity contribution is 0.279. The maximum absolute atomic E-state index is 13.7. The minimum absolute atomic E-state index is 0.0305. The van der Waals surface area contributed by atoms with Crippen molar-refractivity contribution in [3.8, 4) is 11.5 Å². The van der Waals surface area contributed by atoms with E-state index in [1.54, 1.807) is 24.3 Å². The van der Waals surface area contributed by atoms with Crippen LogP contribution in [-0.4, -0.2) is 13.3 Å². The Kier molecular flexibility index (Phi) is 5.00. The van der Waals surface area contributed by atoms with E-state index in [0.29, 0.717) is 22.1 Å². The van der Waals surface area contributed by atoms with Crippen LogP contribution >= 0.6 is 11.6 Å². The number of hydrogen-bond acceptors (Lipinski definition) is 4. The fourth-order valence-electron chi connectivity index (χ4n) is 1.84. The van der Waals surface area contributed by atoms with Gasteiger partial charge in [0.2, 0.25) is 0 Å². The van der Waals surface area contributed by atoms with Gasteiger partial charge in [-0.25, -0.2) is 4.39 Å². The van der Waals surface area contributed by atoms with Crippen LogP contribution in [0.5, 0.6) is 11.5 Å². The molecule has 110 valence electrons. The largest absolute Gasteiger partial charge is 0.493 e. The zero-order valence-electron chi connectivity index (χ0n) is 11.3. The van der Waals surface area contributed by atoms with Crippen LogP contribution in [0.3, 0.4) is 0 Å². The summed E-state index contributed by atoms with van der Waals surface area (Å²) in [6.07, 6.45) is 1.43. The molecular formula is C15H14ClFN2O2. The van der Waals surface area contributed by atoms with Crippen molar-refractivity contribution in [2.75, 3.05) is 7.11 Å². The Morgan fingerprint density at radius 2 is 2.05 bits per heavy atom. The average molecular weight is 309 g/mol. The molecule has 4 nitrogen and oxygen atoms in total. The van der Waals surface area contributed by atoms with E-state index in [-0.39, 0.29) is 12.2 Å². The molecule has 0 fully saturated rings. The molecule has 0 heterocycles. The zero-order valence-corrected chi connectivity index (χ0v) is 12.1. The van der Waals surface area contributed by atoms with Crippen molar-refractivity contribution >= 4 is 17.8 Å². The molecule has 0 atom stereocenters. The first kappa shape index (κ1) is 15.1. The molecule has 0 aliphatic rings. The number of nitrogens with two attached hydrogens (primary N) is 1. The van der Waals surface area contributed by atoms with Crippen LogP contribution in [-0.2, 0) is 6.61 Å². The summed E-state index contributed by atoms with van der Waals surface area (Å²) < 4.78 is 24.6. The summed E-state index contributed by atoms with van der Waals surface area (Å²) in [6.45, 7) is -0.0305. The van der Waals surface area contributed by atoms with Crippen molar-refractivity contribution in [1.82, 2.24) is 0 Å². The number of halogens is 2. The Bertz CT molecular complexity index is 642. The Morgan fingerprint density at radius 1 is 1.29 bits per heavy atom. The zero-order chi connectivity index (χ0) is 15.2. The predicted octanol–water partition coefficient (Wildman–Crippen LogP) is 3.36. The number of para-hydroxylation sites is 1. The van der Waals surface area contributed by atoms with E-state index in [1.165, 1.54) is 25.5 Å². The molecule has 0 radical (unpaired) electrons. The second kappa shape index (κ2) is 6.95. The lowest BCUT2D eigenvalue weighted by Crippen LogP contribution is -2.03. The molecule has 0 aromatic heterocycles. The number of hydrazone groups is 1. The van der Waals surface area contributed by atoms with Gasteiger partial charge in [0.05, 0.1) is 18.3 Å². The maximum Gasteiger partial charge on any atom is 0.170 e. The van der Waals surface area contributed by atoms with Gasteiger partial charge in [0.1, 0.15) is 12.4 Å². The molecule has 0 aliphatic carbocycles. The SMILES string of the molecule is COc1cccc(C=NN)c1OCc1c(F)cccc1Cl. The van der Waals surface area contributed by atoms with Crippen LogP contribution in [0, 0.1) is 5.82 Å². The third-order valence-corrected chi connectivity index (χ3v) is 3.22. The maximum atomic E-state index is 13.7. The first-order valence-electron chi connectivity index (χ1n) is 6.13. The van der Waals surface area contributed by atoms with Crippen LogP contribution in [0.1, 0.15) is 11.1 Å². The van der Waals surface area contributed by atoms with Crippen molar-refractivity contribution in [2.24, 2.45) is 10.9 Å². The average Bonchev–Trinajstić information content (AvgIpc) is 2.48. The van der Waals surface area contributed by atoms with Gasteiger partial charge in [-0.1, -0.05) is 23.7 Å². The molecule has 0 unspecified atom stereocenters. The summed E-state index contributed by atoms with van der Waals surface area (Å²) in [5.41, 5.74) is 0.907. The van der Waals surface area contributed by atoms with E-state index >= 15 is 0 Å². The van der Waals surface area contributed by atoms with Crippen LogP contribution in [0.2, 0.25) is 5.02 Å². The van der Waals surface area contributed by atoms with Crippen molar-refractivity contribution in [3.63, 3.8) is 0 Å². The monoisotopic (exact) mass is 308 g/mol. The molecule has 0 saturated heterocycles. The van der Waals surface area contributed by atoms with Gasteiger partial charge >= 0.3 is 0 Å². The van der Waals surface area contributed by atoms with E-state index in [1.807, 2.05) is 0 Å². The van der Waals surface area contributed by atoms with E-state index in [2.05, 4.69) is 5.10 Å². The van der Waals surface area contributed by atoms with Gasteiger partial charge in [-0.05, 0) is 24.3 Å². The molecule has 6 heteroatoms. The highest BCUT2D eigenvalue weighted by atomic mass is 35.5. The summed E-state index contributed by atoms with van der Waals surface area (Å²) in [4.78, 5) is 0. The molecule has 0 spiro atoms. The topological polar surface area (TPSA) is 56.8 Å². The predicted molar refractivity (Wildman–Crippen MR) is 80.5 cm³/mol. The summed E-state index contributed by atoms with van der Waals surface area (Å²) in [7, 11) is 1.52. The van der Waals surface area contributed by atoms with E-state index in [4.69, 9.17) is 26.9 Å². The normalized spacial score (nSPS) is 10.8. The molecule has 0 bridgehead atoms. The summed E-state index contributed by atoms with van der Waals surface area (Å²) in [6, 6.07) is 9.74. The summed E-state index contributed by atoms with van der Waals surface area (Å²) >= 11 is 5.97. The van der Waals surface area contributed by atoms with Crippen molar-refractivity contribution in [3.05, 3.63) is 58.4 Å². The number of methoxy groups -OCH3 is 1. The molecule has 2 N–H and O–H groups in total. The Morgan fingerprint density at radius 3 is 2.71 bits per heavy atom.